The monoisotopic (exact) mass is 818 g/mol. The van der Waals surface area contributed by atoms with Gasteiger partial charge in [0.05, 0.1) is 0 Å². The summed E-state index contributed by atoms with van der Waals surface area (Å²) in [6, 6.07) is 11.1. The number of fused-ring (bicyclic) bond motifs is 6. The zero-order valence-corrected chi connectivity index (χ0v) is 36.0. The molecule has 0 aliphatic heterocycles. The first kappa shape index (κ1) is 33.6. The fraction of sp³-hybridized carbons (Fsp3) is 0.632. The van der Waals surface area contributed by atoms with Gasteiger partial charge in [0, 0.05) is 0 Å². The summed E-state index contributed by atoms with van der Waals surface area (Å²) in [4.78, 5) is 19.1. The van der Waals surface area contributed by atoms with E-state index in [1.54, 1.807) is 48.9 Å². The van der Waals surface area contributed by atoms with Gasteiger partial charge < -0.3 is 0 Å². The summed E-state index contributed by atoms with van der Waals surface area (Å²) in [6.45, 7) is 9.58. The second-order valence-corrected chi connectivity index (χ2v) is 48.7. The molecule has 5 rings (SSSR count). The molecule has 0 radical (unpaired) electrons. The molecule has 3 aromatic rings. The number of hydrogen-bond donors (Lipinski definition) is 0. The van der Waals surface area contributed by atoms with Crippen LogP contribution in [0.15, 0.2) is 24.3 Å². The second kappa shape index (κ2) is 12.8. The first-order chi connectivity index (χ1) is 19.9. The van der Waals surface area contributed by atoms with Crippen LogP contribution in [0, 0.1) is 0 Å². The fourth-order valence-corrected chi connectivity index (χ4v) is 20.9. The maximum atomic E-state index is 2.81. The van der Waals surface area contributed by atoms with Crippen LogP contribution in [0.4, 0.5) is 0 Å². The first-order valence-corrected chi connectivity index (χ1v) is 39.0. The van der Waals surface area contributed by atoms with Crippen molar-refractivity contribution >= 4 is 65.2 Å². The number of hydrogen-bond acceptors (Lipinski definition) is 2. The van der Waals surface area contributed by atoms with E-state index >= 15 is 0 Å². The van der Waals surface area contributed by atoms with E-state index in [-0.39, 0.29) is 10.8 Å². The van der Waals surface area contributed by atoms with Crippen molar-refractivity contribution in [2.24, 2.45) is 0 Å². The topological polar surface area (TPSA) is 0 Å². The van der Waals surface area contributed by atoms with Gasteiger partial charge in [-0.05, 0) is 0 Å². The van der Waals surface area contributed by atoms with Crippen LogP contribution in [0.1, 0.15) is 127 Å². The van der Waals surface area contributed by atoms with Gasteiger partial charge in [-0.1, -0.05) is 0 Å². The Morgan fingerprint density at radius 3 is 1.05 bits per heavy atom. The Hall–Kier alpha value is 0.217. The van der Waals surface area contributed by atoms with E-state index in [1.165, 1.54) is 77.0 Å². The zero-order valence-electron chi connectivity index (χ0n) is 28.6. The van der Waals surface area contributed by atoms with E-state index in [0.29, 0.717) is 0 Å². The molecule has 0 saturated carbocycles. The summed E-state index contributed by atoms with van der Waals surface area (Å²) in [5.41, 5.74) is 10.6. The van der Waals surface area contributed by atoms with Gasteiger partial charge in [0.1, 0.15) is 0 Å². The van der Waals surface area contributed by atoms with Crippen LogP contribution in [0.3, 0.4) is 0 Å². The standard InChI is InChI=1S/C32H40S2.6CH3.2Sn/c1-5-9-15-31(16-10-6-2)25-13-19-33-29(25)23-22-28-24(21-27(23)31)30-26(14-20-34-30)32(28,17-11-7-3)18-12-8-4;;;;;;;;/h13-14,21-22H,5-12,15-18H2,1-4H3;6*1H3;;. The van der Waals surface area contributed by atoms with Crippen LogP contribution in [-0.4, -0.2) is 36.8 Å². The summed E-state index contributed by atoms with van der Waals surface area (Å²) in [5.74, 6) is 0. The molecule has 0 saturated heterocycles. The summed E-state index contributed by atoms with van der Waals surface area (Å²) in [6.07, 6.45) is 15.7. The van der Waals surface area contributed by atoms with E-state index in [0.717, 1.165) is 0 Å². The van der Waals surface area contributed by atoms with Crippen molar-refractivity contribution in [3.8, 4) is 20.9 Å². The summed E-state index contributed by atoms with van der Waals surface area (Å²) >= 11 is 0.0178. The molecule has 0 nitrogen and oxygen atoms in total. The Morgan fingerprint density at radius 1 is 0.476 bits per heavy atom. The van der Waals surface area contributed by atoms with Gasteiger partial charge in [-0.3, -0.25) is 0 Å². The molecule has 2 heterocycles. The van der Waals surface area contributed by atoms with E-state index in [1.807, 2.05) is 0 Å². The molecule has 0 spiro atoms. The minimum atomic E-state index is -2.21. The average molecular weight is 816 g/mol. The Kier molecular flexibility index (Phi) is 10.2. The van der Waals surface area contributed by atoms with Gasteiger partial charge in [-0.15, -0.1) is 0 Å². The van der Waals surface area contributed by atoms with Crippen LogP contribution in [0.5, 0.6) is 0 Å². The van der Waals surface area contributed by atoms with Crippen LogP contribution < -0.4 is 5.79 Å². The van der Waals surface area contributed by atoms with Gasteiger partial charge in [-0.25, -0.2) is 0 Å². The van der Waals surface area contributed by atoms with E-state index in [4.69, 9.17) is 0 Å². The van der Waals surface area contributed by atoms with Crippen molar-refractivity contribution in [2.75, 3.05) is 0 Å². The molecule has 0 unspecified atom stereocenters. The third kappa shape index (κ3) is 5.69. The molecule has 0 amide bonds. The number of benzene rings is 1. The first-order valence-electron chi connectivity index (χ1n) is 17.4. The SMILES string of the molecule is CCCCC1(CCCC)c2cc3c(cc2-c2s[c]([Sn]([CH3])([CH3])[CH3])cc21)C(CCCC)(CCCC)c1c[c]([Sn]([CH3])([CH3])[CH3])sc1-3. The predicted octanol–water partition coefficient (Wildman–Crippen LogP) is 12.2. The molecule has 0 N–H and O–H groups in total. The second-order valence-electron chi connectivity index (χ2n) is 15.7. The van der Waals surface area contributed by atoms with Crippen molar-refractivity contribution in [3.05, 3.63) is 46.5 Å². The third-order valence-electron chi connectivity index (χ3n) is 10.5. The molecular weight excluding hydrogens is 758 g/mol. The molecule has 1 aromatic carbocycles. The molecule has 4 heteroatoms. The average Bonchev–Trinajstić information content (AvgIpc) is 3.68. The molecule has 2 aliphatic rings. The Balaban J connectivity index is 1.82. The maximum absolute atomic E-state index is 2.81. The van der Waals surface area contributed by atoms with Gasteiger partial charge in [-0.2, -0.15) is 0 Å². The zero-order chi connectivity index (χ0) is 30.5. The van der Waals surface area contributed by atoms with Gasteiger partial charge in [0.25, 0.3) is 0 Å². The molecule has 2 aliphatic carbocycles. The van der Waals surface area contributed by atoms with Gasteiger partial charge in [0.2, 0.25) is 0 Å². The fourth-order valence-electron chi connectivity index (χ4n) is 7.93. The van der Waals surface area contributed by atoms with Crippen molar-refractivity contribution in [3.63, 3.8) is 0 Å². The number of rotatable bonds is 14. The van der Waals surface area contributed by atoms with Crippen LogP contribution in [0.25, 0.3) is 20.9 Å². The van der Waals surface area contributed by atoms with Crippen molar-refractivity contribution in [1.29, 1.82) is 0 Å². The molecular formula is C38H58S2Sn2. The van der Waals surface area contributed by atoms with E-state index in [2.05, 4.69) is 104 Å². The molecule has 230 valence electrons. The molecule has 0 atom stereocenters. The van der Waals surface area contributed by atoms with Crippen LogP contribution >= 0.6 is 22.7 Å². The molecule has 0 bridgehead atoms. The minimum absolute atomic E-state index is 0.208. The Labute approximate surface area is 275 Å². The van der Waals surface area contributed by atoms with E-state index in [9.17, 15) is 0 Å². The van der Waals surface area contributed by atoms with Crippen LogP contribution in [-0.2, 0) is 10.8 Å². The van der Waals surface area contributed by atoms with Crippen molar-refractivity contribution in [1.82, 2.24) is 0 Å². The summed E-state index contributed by atoms with van der Waals surface area (Å²) < 4.78 is 3.56. The summed E-state index contributed by atoms with van der Waals surface area (Å²) in [5, 5.41) is 0. The third-order valence-corrected chi connectivity index (χ3v) is 31.7. The van der Waals surface area contributed by atoms with E-state index < -0.39 is 36.8 Å². The van der Waals surface area contributed by atoms with Gasteiger partial charge in [0.15, 0.2) is 0 Å². The quantitative estimate of drug-likeness (QED) is 0.142. The number of thiophene rings is 2. The molecule has 0 fully saturated rings. The van der Waals surface area contributed by atoms with Crippen molar-refractivity contribution < 1.29 is 0 Å². The molecule has 42 heavy (non-hydrogen) atoms. The Bertz CT molecular complexity index is 1280. The summed E-state index contributed by atoms with van der Waals surface area (Å²) in [7, 11) is 0. The number of unbranched alkanes of at least 4 members (excludes halogenated alkanes) is 4. The van der Waals surface area contributed by atoms with Crippen LogP contribution in [0.2, 0.25) is 29.6 Å². The Morgan fingerprint density at radius 2 is 0.786 bits per heavy atom. The van der Waals surface area contributed by atoms with Gasteiger partial charge >= 0.3 is 278 Å². The molecule has 2 aromatic heterocycles. The van der Waals surface area contributed by atoms with Crippen molar-refractivity contribution in [2.45, 2.75) is 145 Å². The normalized spacial score (nSPS) is 16.4. The predicted molar refractivity (Wildman–Crippen MR) is 199 cm³/mol.